The van der Waals surface area contributed by atoms with Crippen molar-refractivity contribution in [2.24, 2.45) is 11.8 Å². The predicted octanol–water partition coefficient (Wildman–Crippen LogP) is 2.78. The van der Waals surface area contributed by atoms with Crippen LogP contribution in [-0.4, -0.2) is 70.8 Å². The minimum atomic E-state index is 0.167. The monoisotopic (exact) mass is 409 g/mol. The van der Waals surface area contributed by atoms with Crippen molar-refractivity contribution in [2.45, 2.75) is 39.8 Å². The van der Waals surface area contributed by atoms with Gasteiger partial charge in [-0.15, -0.1) is 0 Å². The SMILES string of the molecule is CCc1nc(CN2C[C@@H]3CN(C(=O)CN(C)C)[C@@H](c4ccccc4C)[C@@H]3C2)c(C)[nH]1. The molecule has 2 aromatic rings. The molecule has 2 aliphatic rings. The normalized spacial score (nSPS) is 24.1. The molecule has 4 rings (SSSR count). The zero-order valence-corrected chi connectivity index (χ0v) is 19.0. The van der Waals surface area contributed by atoms with E-state index in [0.717, 1.165) is 38.4 Å². The van der Waals surface area contributed by atoms with Gasteiger partial charge in [-0.05, 0) is 45.0 Å². The van der Waals surface area contributed by atoms with Crippen molar-refractivity contribution in [1.82, 2.24) is 24.7 Å². The van der Waals surface area contributed by atoms with Crippen LogP contribution in [-0.2, 0) is 17.8 Å². The summed E-state index contributed by atoms with van der Waals surface area (Å²) in [6.07, 6.45) is 0.935. The molecule has 0 aliphatic carbocycles. The Kier molecular flexibility index (Phi) is 5.98. The molecule has 0 unspecified atom stereocenters. The highest BCUT2D eigenvalue weighted by Crippen LogP contribution is 2.46. The molecule has 1 amide bonds. The van der Waals surface area contributed by atoms with E-state index in [0.29, 0.717) is 18.4 Å². The van der Waals surface area contributed by atoms with Crippen molar-refractivity contribution in [3.63, 3.8) is 0 Å². The molecular formula is C24H35N5O. The van der Waals surface area contributed by atoms with Gasteiger partial charge in [0.1, 0.15) is 5.82 Å². The number of fused-ring (bicyclic) bond motifs is 1. The summed E-state index contributed by atoms with van der Waals surface area (Å²) in [6, 6.07) is 8.75. The van der Waals surface area contributed by atoms with Crippen molar-refractivity contribution >= 4 is 5.91 Å². The zero-order chi connectivity index (χ0) is 21.4. The van der Waals surface area contributed by atoms with Gasteiger partial charge in [0, 0.05) is 44.2 Å². The van der Waals surface area contributed by atoms with E-state index in [1.165, 1.54) is 22.5 Å². The van der Waals surface area contributed by atoms with Gasteiger partial charge in [0.15, 0.2) is 0 Å². The van der Waals surface area contributed by atoms with Crippen LogP contribution in [0.15, 0.2) is 24.3 Å². The van der Waals surface area contributed by atoms with Gasteiger partial charge in [-0.25, -0.2) is 4.98 Å². The molecule has 1 aromatic carbocycles. The molecule has 1 aromatic heterocycles. The molecule has 3 atom stereocenters. The number of H-pyrrole nitrogens is 1. The second kappa shape index (κ2) is 8.52. The number of aryl methyl sites for hydroxylation is 3. The second-order valence-electron chi connectivity index (χ2n) is 9.31. The number of hydrogen-bond donors (Lipinski definition) is 1. The summed E-state index contributed by atoms with van der Waals surface area (Å²) in [5, 5.41) is 0. The Morgan fingerprint density at radius 2 is 1.97 bits per heavy atom. The third-order valence-corrected chi connectivity index (χ3v) is 6.76. The van der Waals surface area contributed by atoms with Gasteiger partial charge in [-0.3, -0.25) is 9.69 Å². The number of aromatic nitrogens is 2. The maximum absolute atomic E-state index is 13.1. The van der Waals surface area contributed by atoms with Gasteiger partial charge in [0.05, 0.1) is 18.3 Å². The fraction of sp³-hybridized carbons (Fsp3) is 0.583. The van der Waals surface area contributed by atoms with Crippen molar-refractivity contribution in [1.29, 1.82) is 0 Å². The van der Waals surface area contributed by atoms with Crippen molar-refractivity contribution in [2.75, 3.05) is 40.3 Å². The van der Waals surface area contributed by atoms with Gasteiger partial charge in [0.25, 0.3) is 0 Å². The second-order valence-corrected chi connectivity index (χ2v) is 9.31. The molecule has 2 aliphatic heterocycles. The molecule has 0 radical (unpaired) electrons. The van der Waals surface area contributed by atoms with Crippen LogP contribution in [0.5, 0.6) is 0 Å². The number of carbonyl (C=O) groups excluding carboxylic acids is 1. The van der Waals surface area contributed by atoms with E-state index in [1.807, 2.05) is 19.0 Å². The van der Waals surface area contributed by atoms with E-state index in [-0.39, 0.29) is 11.9 Å². The number of nitrogens with zero attached hydrogens (tertiary/aromatic N) is 4. The van der Waals surface area contributed by atoms with Crippen molar-refractivity contribution in [3.05, 3.63) is 52.6 Å². The minimum Gasteiger partial charge on any atom is -0.346 e. The lowest BCUT2D eigenvalue weighted by molar-refractivity contribution is -0.133. The van der Waals surface area contributed by atoms with Crippen molar-refractivity contribution < 1.29 is 4.79 Å². The minimum absolute atomic E-state index is 0.167. The molecule has 6 heteroatoms. The molecule has 30 heavy (non-hydrogen) atoms. The summed E-state index contributed by atoms with van der Waals surface area (Å²) in [4.78, 5) is 28.0. The molecule has 2 fully saturated rings. The van der Waals surface area contributed by atoms with Gasteiger partial charge < -0.3 is 14.8 Å². The van der Waals surface area contributed by atoms with Crippen LogP contribution in [0, 0.1) is 25.7 Å². The highest BCUT2D eigenvalue weighted by molar-refractivity contribution is 5.79. The summed E-state index contributed by atoms with van der Waals surface area (Å²) < 4.78 is 0. The highest BCUT2D eigenvalue weighted by atomic mass is 16.2. The lowest BCUT2D eigenvalue weighted by Gasteiger charge is -2.31. The quantitative estimate of drug-likeness (QED) is 0.797. The summed E-state index contributed by atoms with van der Waals surface area (Å²) in [7, 11) is 3.94. The Morgan fingerprint density at radius 1 is 1.20 bits per heavy atom. The van der Waals surface area contributed by atoms with Gasteiger partial charge in [-0.1, -0.05) is 31.2 Å². The summed E-state index contributed by atoms with van der Waals surface area (Å²) in [5.41, 5.74) is 4.94. The summed E-state index contributed by atoms with van der Waals surface area (Å²) >= 11 is 0. The van der Waals surface area contributed by atoms with E-state index < -0.39 is 0 Å². The molecule has 162 valence electrons. The van der Waals surface area contributed by atoms with Crippen LogP contribution < -0.4 is 0 Å². The number of imidazole rings is 1. The number of carbonyl (C=O) groups is 1. The predicted molar refractivity (Wildman–Crippen MR) is 119 cm³/mol. The molecule has 6 nitrogen and oxygen atoms in total. The number of aromatic amines is 1. The molecule has 2 saturated heterocycles. The van der Waals surface area contributed by atoms with Crippen molar-refractivity contribution in [3.8, 4) is 0 Å². The molecule has 0 spiro atoms. The number of benzene rings is 1. The maximum Gasteiger partial charge on any atom is 0.237 e. The third kappa shape index (κ3) is 4.03. The Balaban J connectivity index is 1.56. The van der Waals surface area contributed by atoms with E-state index in [2.05, 4.69) is 59.8 Å². The van der Waals surface area contributed by atoms with E-state index >= 15 is 0 Å². The topological polar surface area (TPSA) is 55.5 Å². The van der Waals surface area contributed by atoms with Crippen LogP contribution in [0.4, 0.5) is 0 Å². The van der Waals surface area contributed by atoms with Crippen LogP contribution in [0.3, 0.4) is 0 Å². The van der Waals surface area contributed by atoms with Gasteiger partial charge in [0.2, 0.25) is 5.91 Å². The van der Waals surface area contributed by atoms with Crippen LogP contribution >= 0.6 is 0 Å². The van der Waals surface area contributed by atoms with Crippen LogP contribution in [0.1, 0.15) is 41.3 Å². The summed E-state index contributed by atoms with van der Waals surface area (Å²) in [5.74, 6) is 2.30. The third-order valence-electron chi connectivity index (χ3n) is 6.76. The Morgan fingerprint density at radius 3 is 2.63 bits per heavy atom. The number of likely N-dealkylation sites (N-methyl/N-ethyl adjacent to an activating group) is 1. The van der Waals surface area contributed by atoms with E-state index in [4.69, 9.17) is 4.98 Å². The first-order valence-corrected chi connectivity index (χ1v) is 11.1. The molecule has 1 N–H and O–H groups in total. The van der Waals surface area contributed by atoms with E-state index in [1.54, 1.807) is 0 Å². The number of likely N-dealkylation sites (tertiary alicyclic amines) is 2. The first-order valence-electron chi connectivity index (χ1n) is 11.1. The molecule has 0 bridgehead atoms. The lowest BCUT2D eigenvalue weighted by Crippen LogP contribution is -2.40. The number of hydrogen-bond acceptors (Lipinski definition) is 4. The number of rotatable bonds is 6. The van der Waals surface area contributed by atoms with E-state index in [9.17, 15) is 4.79 Å². The van der Waals surface area contributed by atoms with Gasteiger partial charge in [-0.2, -0.15) is 0 Å². The summed E-state index contributed by atoms with van der Waals surface area (Å²) in [6.45, 7) is 10.7. The largest absolute Gasteiger partial charge is 0.346 e. The fourth-order valence-corrected chi connectivity index (χ4v) is 5.30. The zero-order valence-electron chi connectivity index (χ0n) is 19.0. The Hall–Kier alpha value is -2.18. The molecular weight excluding hydrogens is 374 g/mol. The number of nitrogens with one attached hydrogen (secondary N) is 1. The average Bonchev–Trinajstić information content (AvgIpc) is 3.34. The first kappa shape index (κ1) is 21.1. The smallest absolute Gasteiger partial charge is 0.237 e. The van der Waals surface area contributed by atoms with Gasteiger partial charge >= 0.3 is 0 Å². The maximum atomic E-state index is 13.1. The fourth-order valence-electron chi connectivity index (χ4n) is 5.30. The first-order chi connectivity index (χ1) is 14.4. The standard InChI is InChI=1S/C24H35N5O/c1-6-22-25-17(3)21(26-22)14-28-11-18-12-29(23(30)15-27(4)5)24(20(18)13-28)19-10-8-7-9-16(19)2/h7-10,18,20,24H,6,11-15H2,1-5H3,(H,25,26)/t18-,20-,24+/m1/s1. The molecule has 0 saturated carbocycles. The van der Waals surface area contributed by atoms with Crippen LogP contribution in [0.2, 0.25) is 0 Å². The Labute approximate surface area is 180 Å². The lowest BCUT2D eigenvalue weighted by atomic mass is 9.87. The number of amides is 1. The molecule has 3 heterocycles. The highest BCUT2D eigenvalue weighted by Gasteiger charge is 2.49. The Bertz CT molecular complexity index is 905. The average molecular weight is 410 g/mol. The van der Waals surface area contributed by atoms with Crippen LogP contribution in [0.25, 0.3) is 0 Å².